The minimum absolute atomic E-state index is 0.135. The van der Waals surface area contributed by atoms with Gasteiger partial charge in [-0.1, -0.05) is 0 Å². The minimum atomic E-state index is -0.135. The Bertz CT molecular complexity index is 306. The fourth-order valence-corrected chi connectivity index (χ4v) is 2.73. The number of hydrogen-bond acceptors (Lipinski definition) is 3. The highest BCUT2D eigenvalue weighted by atomic mass is 16.7. The van der Waals surface area contributed by atoms with Gasteiger partial charge in [-0.15, -0.1) is 0 Å². The number of ketones is 1. The lowest BCUT2D eigenvalue weighted by Gasteiger charge is -2.35. The molecule has 3 rings (SSSR count). The number of hydrogen-bond donors (Lipinski definition) is 0. The molecule has 0 spiro atoms. The zero-order valence-corrected chi connectivity index (χ0v) is 8.12. The Hall–Kier alpha value is -0.670. The van der Waals surface area contributed by atoms with E-state index in [9.17, 15) is 4.79 Å². The van der Waals surface area contributed by atoms with Crippen molar-refractivity contribution in [2.75, 3.05) is 13.2 Å². The maximum atomic E-state index is 11.7. The maximum absolute atomic E-state index is 11.7. The molecule has 2 unspecified atom stereocenters. The van der Waals surface area contributed by atoms with Crippen molar-refractivity contribution in [3.63, 3.8) is 0 Å². The number of Topliss-reactive ketones (excluding diaryl/α,β-unsaturated/α-hetero) is 1. The molecule has 3 aliphatic rings. The molecule has 1 aliphatic carbocycles. The van der Waals surface area contributed by atoms with Gasteiger partial charge in [0.05, 0.1) is 6.61 Å². The van der Waals surface area contributed by atoms with Crippen LogP contribution in [0.5, 0.6) is 0 Å². The Labute approximate surface area is 83.1 Å². The van der Waals surface area contributed by atoms with Crippen LogP contribution in [0, 0.1) is 5.92 Å². The highest BCUT2D eigenvalue weighted by Crippen LogP contribution is 2.40. The van der Waals surface area contributed by atoms with Crippen LogP contribution in [0.3, 0.4) is 0 Å². The average Bonchev–Trinajstić information content (AvgIpc) is 2.61. The van der Waals surface area contributed by atoms with E-state index in [-0.39, 0.29) is 12.2 Å². The zero-order chi connectivity index (χ0) is 9.54. The van der Waals surface area contributed by atoms with E-state index in [0.717, 1.165) is 31.4 Å². The fourth-order valence-electron chi connectivity index (χ4n) is 2.73. The van der Waals surface area contributed by atoms with Crippen LogP contribution in [-0.4, -0.2) is 25.3 Å². The molecule has 3 nitrogen and oxygen atoms in total. The lowest BCUT2D eigenvalue weighted by Crippen LogP contribution is -2.38. The lowest BCUT2D eigenvalue weighted by atomic mass is 9.87. The van der Waals surface area contributed by atoms with Crippen molar-refractivity contribution < 1.29 is 14.3 Å². The van der Waals surface area contributed by atoms with E-state index < -0.39 is 0 Å². The Morgan fingerprint density at radius 1 is 1.21 bits per heavy atom. The molecule has 0 aromatic heterocycles. The van der Waals surface area contributed by atoms with Crippen molar-refractivity contribution >= 4 is 5.78 Å². The monoisotopic (exact) mass is 194 g/mol. The number of fused-ring (bicyclic) bond motifs is 2. The van der Waals surface area contributed by atoms with Crippen LogP contribution < -0.4 is 0 Å². The van der Waals surface area contributed by atoms with Gasteiger partial charge in [-0.25, -0.2) is 0 Å². The zero-order valence-electron chi connectivity index (χ0n) is 8.12. The van der Waals surface area contributed by atoms with E-state index >= 15 is 0 Å². The van der Waals surface area contributed by atoms with E-state index in [1.807, 2.05) is 0 Å². The summed E-state index contributed by atoms with van der Waals surface area (Å²) in [7, 11) is 0. The van der Waals surface area contributed by atoms with Crippen LogP contribution >= 0.6 is 0 Å². The van der Waals surface area contributed by atoms with Gasteiger partial charge in [0.25, 0.3) is 0 Å². The molecule has 2 aliphatic heterocycles. The number of carbonyl (C=O) groups is 1. The van der Waals surface area contributed by atoms with Gasteiger partial charge >= 0.3 is 0 Å². The largest absolute Gasteiger partial charge is 0.352 e. The first-order valence-electron chi connectivity index (χ1n) is 5.34. The fraction of sp³-hybridized carbons (Fsp3) is 0.727. The summed E-state index contributed by atoms with van der Waals surface area (Å²) in [5, 5.41) is 0. The Morgan fingerprint density at radius 2 is 2.14 bits per heavy atom. The van der Waals surface area contributed by atoms with Gasteiger partial charge in [-0.3, -0.25) is 4.79 Å². The van der Waals surface area contributed by atoms with Crippen molar-refractivity contribution in [3.05, 3.63) is 11.1 Å². The van der Waals surface area contributed by atoms with Gasteiger partial charge in [-0.2, -0.15) is 0 Å². The first-order valence-corrected chi connectivity index (χ1v) is 5.34. The van der Waals surface area contributed by atoms with Gasteiger partial charge < -0.3 is 9.47 Å². The van der Waals surface area contributed by atoms with Crippen molar-refractivity contribution in [1.29, 1.82) is 0 Å². The highest BCUT2D eigenvalue weighted by molar-refractivity contribution is 5.99. The van der Waals surface area contributed by atoms with Crippen LogP contribution in [0.2, 0.25) is 0 Å². The third-order valence-electron chi connectivity index (χ3n) is 3.40. The molecule has 0 radical (unpaired) electrons. The van der Waals surface area contributed by atoms with Crippen molar-refractivity contribution in [2.24, 2.45) is 5.92 Å². The molecule has 0 amide bonds. The third-order valence-corrected chi connectivity index (χ3v) is 3.40. The predicted octanol–water partition coefficient (Wildman–Crippen LogP) is 1.43. The Morgan fingerprint density at radius 3 is 3.07 bits per heavy atom. The SMILES string of the molecule is O=C1CCC2=C1C1CCCOC1OC2. The second kappa shape index (κ2) is 3.17. The molecule has 14 heavy (non-hydrogen) atoms. The normalized spacial score (nSPS) is 37.0. The summed E-state index contributed by atoms with van der Waals surface area (Å²) < 4.78 is 11.1. The summed E-state index contributed by atoms with van der Waals surface area (Å²) in [5.41, 5.74) is 2.29. The Kier molecular flexibility index (Phi) is 1.96. The molecule has 1 saturated heterocycles. The summed E-state index contributed by atoms with van der Waals surface area (Å²) >= 11 is 0. The minimum Gasteiger partial charge on any atom is -0.352 e. The van der Waals surface area contributed by atoms with Crippen LogP contribution in [0.4, 0.5) is 0 Å². The van der Waals surface area contributed by atoms with Crippen LogP contribution in [-0.2, 0) is 14.3 Å². The topological polar surface area (TPSA) is 35.5 Å². The number of carbonyl (C=O) groups excluding carboxylic acids is 1. The van der Waals surface area contributed by atoms with E-state index in [0.29, 0.717) is 18.8 Å². The van der Waals surface area contributed by atoms with Gasteiger partial charge in [0.2, 0.25) is 0 Å². The first kappa shape index (κ1) is 8.62. The molecule has 0 aromatic rings. The van der Waals surface area contributed by atoms with E-state index in [4.69, 9.17) is 9.47 Å². The van der Waals surface area contributed by atoms with Gasteiger partial charge in [0.15, 0.2) is 12.1 Å². The standard InChI is InChI=1S/C11H14O3/c12-9-4-3-7-6-14-11-8(10(7)9)2-1-5-13-11/h8,11H,1-6H2. The molecule has 0 saturated carbocycles. The van der Waals surface area contributed by atoms with E-state index in [1.54, 1.807) is 0 Å². The molecule has 1 fully saturated rings. The first-order chi connectivity index (χ1) is 6.86. The number of ether oxygens (including phenoxy) is 2. The smallest absolute Gasteiger partial charge is 0.164 e. The number of rotatable bonds is 0. The van der Waals surface area contributed by atoms with Crippen LogP contribution in [0.1, 0.15) is 25.7 Å². The molecule has 0 N–H and O–H groups in total. The summed E-state index contributed by atoms with van der Waals surface area (Å²) in [6, 6.07) is 0. The molecule has 0 aromatic carbocycles. The molecular formula is C11H14O3. The van der Waals surface area contributed by atoms with Gasteiger partial charge in [-0.05, 0) is 24.8 Å². The van der Waals surface area contributed by atoms with Crippen molar-refractivity contribution in [3.8, 4) is 0 Å². The molecule has 2 atom stereocenters. The van der Waals surface area contributed by atoms with Crippen LogP contribution in [0.25, 0.3) is 0 Å². The molecule has 3 heteroatoms. The summed E-state index contributed by atoms with van der Waals surface area (Å²) in [5.74, 6) is 0.575. The van der Waals surface area contributed by atoms with Crippen LogP contribution in [0.15, 0.2) is 11.1 Å². The summed E-state index contributed by atoms with van der Waals surface area (Å²) in [6.07, 6.45) is 3.57. The third kappa shape index (κ3) is 1.16. The maximum Gasteiger partial charge on any atom is 0.164 e. The summed E-state index contributed by atoms with van der Waals surface area (Å²) in [6.45, 7) is 1.39. The Balaban J connectivity index is 1.94. The van der Waals surface area contributed by atoms with Crippen molar-refractivity contribution in [1.82, 2.24) is 0 Å². The lowest BCUT2D eigenvalue weighted by molar-refractivity contribution is -0.187. The van der Waals surface area contributed by atoms with Gasteiger partial charge in [0.1, 0.15) is 0 Å². The van der Waals surface area contributed by atoms with Crippen molar-refractivity contribution in [2.45, 2.75) is 32.0 Å². The van der Waals surface area contributed by atoms with Gasteiger partial charge in [0, 0.05) is 24.5 Å². The average molecular weight is 194 g/mol. The molecule has 2 heterocycles. The second-order valence-electron chi connectivity index (χ2n) is 4.24. The second-order valence-corrected chi connectivity index (χ2v) is 4.24. The molecule has 76 valence electrons. The predicted molar refractivity (Wildman–Crippen MR) is 49.7 cm³/mol. The summed E-state index contributed by atoms with van der Waals surface area (Å²) in [4.78, 5) is 11.7. The van der Waals surface area contributed by atoms with E-state index in [1.165, 1.54) is 5.57 Å². The molecule has 0 bridgehead atoms. The van der Waals surface area contributed by atoms with E-state index in [2.05, 4.69) is 0 Å². The molecular weight excluding hydrogens is 180 g/mol. The quantitative estimate of drug-likeness (QED) is 0.585. The highest BCUT2D eigenvalue weighted by Gasteiger charge is 2.40.